The second kappa shape index (κ2) is 9.74. The zero-order chi connectivity index (χ0) is 22.7. The average molecular weight is 539 g/mol. The molecule has 0 amide bonds. The Labute approximate surface area is 194 Å². The van der Waals surface area contributed by atoms with Crippen molar-refractivity contribution >= 4 is 48.3 Å². The van der Waals surface area contributed by atoms with Crippen LogP contribution in [0.2, 0.25) is 0 Å². The summed E-state index contributed by atoms with van der Waals surface area (Å²) in [5.41, 5.74) is -0.284. The number of benzene rings is 1. The molecule has 0 saturated carbocycles. The van der Waals surface area contributed by atoms with Crippen LogP contribution in [0.25, 0.3) is 0 Å². The maximum absolute atomic E-state index is 13.2. The largest absolute Gasteiger partial charge is 0.497 e. The van der Waals surface area contributed by atoms with E-state index in [1.165, 1.54) is 15.6 Å². The Hall–Kier alpha value is -0.850. The van der Waals surface area contributed by atoms with Crippen molar-refractivity contribution in [3.63, 3.8) is 0 Å². The van der Waals surface area contributed by atoms with Crippen molar-refractivity contribution in [3.8, 4) is 5.75 Å². The Morgan fingerprint density at radius 2 is 1.83 bits per heavy atom. The van der Waals surface area contributed by atoms with E-state index >= 15 is 0 Å². The minimum absolute atomic E-state index is 0.215. The topological polar surface area (TPSA) is 88.6 Å². The molecular weight excluding hydrogens is 510 g/mol. The van der Waals surface area contributed by atoms with E-state index in [0.29, 0.717) is 15.4 Å². The zero-order valence-electron chi connectivity index (χ0n) is 17.9. The van der Waals surface area contributed by atoms with Crippen molar-refractivity contribution in [1.29, 1.82) is 0 Å². The molecule has 30 heavy (non-hydrogen) atoms. The molecule has 2 rings (SSSR count). The molecule has 0 aliphatic carbocycles. The van der Waals surface area contributed by atoms with Gasteiger partial charge in [-0.2, -0.15) is 0 Å². The summed E-state index contributed by atoms with van der Waals surface area (Å²) < 4.78 is 48.8. The molecule has 168 valence electrons. The van der Waals surface area contributed by atoms with Gasteiger partial charge in [0.05, 0.1) is 34.1 Å². The monoisotopic (exact) mass is 537 g/mol. The number of thiazole rings is 1. The lowest BCUT2D eigenvalue weighted by atomic mass is 10.1. The SMILES string of the molecule is COc1ccc(CN(C)S(=O)(=O)C[C@](C)(N[S@](=O)C(C)(C)C)c2nc(Br)cs2)cc1. The Morgan fingerprint density at radius 3 is 2.30 bits per heavy atom. The number of ether oxygens (including phenoxy) is 1. The van der Waals surface area contributed by atoms with Crippen LogP contribution < -0.4 is 9.46 Å². The first-order valence-corrected chi connectivity index (χ1v) is 13.6. The van der Waals surface area contributed by atoms with Crippen LogP contribution in [0, 0.1) is 0 Å². The molecule has 0 radical (unpaired) electrons. The molecule has 0 bridgehead atoms. The molecule has 1 aromatic heterocycles. The number of nitrogens with one attached hydrogen (secondary N) is 1. The highest BCUT2D eigenvalue weighted by molar-refractivity contribution is 9.10. The minimum atomic E-state index is -3.71. The minimum Gasteiger partial charge on any atom is -0.497 e. The maximum atomic E-state index is 13.2. The third-order valence-corrected chi connectivity index (χ3v) is 9.92. The number of aromatic nitrogens is 1. The summed E-state index contributed by atoms with van der Waals surface area (Å²) >= 11 is 4.64. The second-order valence-electron chi connectivity index (χ2n) is 8.15. The van der Waals surface area contributed by atoms with E-state index < -0.39 is 31.3 Å². The molecular formula is C19H28BrN3O4S3. The van der Waals surface area contributed by atoms with E-state index in [-0.39, 0.29) is 12.3 Å². The van der Waals surface area contributed by atoms with Gasteiger partial charge in [0.2, 0.25) is 10.0 Å². The molecule has 1 aromatic carbocycles. The second-order valence-corrected chi connectivity index (χ2v) is 13.9. The fraction of sp³-hybridized carbons (Fsp3) is 0.526. The quantitative estimate of drug-likeness (QED) is 0.527. The lowest BCUT2D eigenvalue weighted by molar-refractivity contribution is 0.413. The fourth-order valence-electron chi connectivity index (χ4n) is 2.56. The molecule has 0 saturated heterocycles. The predicted octanol–water partition coefficient (Wildman–Crippen LogP) is 3.64. The van der Waals surface area contributed by atoms with E-state index in [0.717, 1.165) is 5.56 Å². The Kier molecular flexibility index (Phi) is 8.25. The van der Waals surface area contributed by atoms with Gasteiger partial charge in [-0.3, -0.25) is 0 Å². The van der Waals surface area contributed by atoms with Crippen LogP contribution >= 0.6 is 27.3 Å². The standard InChI is InChI=1S/C19H28BrN3O4S3/c1-18(2,3)29(24)22-19(4,17-21-16(20)12-28-17)13-30(25,26)23(5)11-14-7-9-15(27-6)10-8-14/h7-10,12,22H,11,13H2,1-6H3/t19-,29+/m0/s1. The van der Waals surface area contributed by atoms with Crippen LogP contribution in [0.5, 0.6) is 5.75 Å². The predicted molar refractivity (Wildman–Crippen MR) is 126 cm³/mol. The summed E-state index contributed by atoms with van der Waals surface area (Å²) in [5, 5.41) is 2.33. The van der Waals surface area contributed by atoms with E-state index in [2.05, 4.69) is 25.6 Å². The summed E-state index contributed by atoms with van der Waals surface area (Å²) in [6, 6.07) is 7.24. The molecule has 7 nitrogen and oxygen atoms in total. The van der Waals surface area contributed by atoms with Crippen molar-refractivity contribution in [2.45, 2.75) is 44.5 Å². The molecule has 11 heteroatoms. The average Bonchev–Trinajstić information content (AvgIpc) is 3.08. The van der Waals surface area contributed by atoms with Gasteiger partial charge in [-0.1, -0.05) is 12.1 Å². The normalized spacial score (nSPS) is 15.7. The molecule has 1 heterocycles. The smallest absolute Gasteiger partial charge is 0.216 e. The molecule has 0 unspecified atom stereocenters. The van der Waals surface area contributed by atoms with Gasteiger partial charge in [0.25, 0.3) is 0 Å². The maximum Gasteiger partial charge on any atom is 0.216 e. The number of sulfonamides is 1. The van der Waals surface area contributed by atoms with Gasteiger partial charge in [0.15, 0.2) is 0 Å². The van der Waals surface area contributed by atoms with Gasteiger partial charge in [0, 0.05) is 19.0 Å². The van der Waals surface area contributed by atoms with Crippen molar-refractivity contribution in [3.05, 3.63) is 44.8 Å². The fourth-order valence-corrected chi connectivity index (χ4v) is 6.57. The van der Waals surface area contributed by atoms with Crippen LogP contribution in [0.1, 0.15) is 38.3 Å². The van der Waals surface area contributed by atoms with Crippen molar-refractivity contribution in [1.82, 2.24) is 14.0 Å². The van der Waals surface area contributed by atoms with Gasteiger partial charge in [0.1, 0.15) is 15.4 Å². The molecule has 2 atom stereocenters. The number of hydrogen-bond acceptors (Lipinski definition) is 6. The van der Waals surface area contributed by atoms with Crippen LogP contribution in [0.4, 0.5) is 0 Å². The lowest BCUT2D eigenvalue weighted by Crippen LogP contribution is -2.51. The van der Waals surface area contributed by atoms with E-state index in [4.69, 9.17) is 4.74 Å². The van der Waals surface area contributed by atoms with Crippen LogP contribution in [0.3, 0.4) is 0 Å². The first kappa shape index (κ1) is 25.4. The van der Waals surface area contributed by atoms with Crippen LogP contribution in [-0.2, 0) is 33.1 Å². The van der Waals surface area contributed by atoms with Crippen molar-refractivity contribution in [2.75, 3.05) is 19.9 Å². The highest BCUT2D eigenvalue weighted by Gasteiger charge is 2.40. The van der Waals surface area contributed by atoms with E-state index in [1.807, 2.05) is 32.9 Å². The molecule has 2 aromatic rings. The first-order chi connectivity index (χ1) is 13.8. The van der Waals surface area contributed by atoms with Gasteiger partial charge in [-0.05, 0) is 61.3 Å². The van der Waals surface area contributed by atoms with Crippen molar-refractivity contribution < 1.29 is 17.4 Å². The van der Waals surface area contributed by atoms with Crippen molar-refractivity contribution in [2.24, 2.45) is 0 Å². The lowest BCUT2D eigenvalue weighted by Gasteiger charge is -2.32. The highest BCUT2D eigenvalue weighted by atomic mass is 79.9. The molecule has 0 aliphatic heterocycles. The molecule has 0 fully saturated rings. The third kappa shape index (κ3) is 6.57. The Morgan fingerprint density at radius 1 is 1.23 bits per heavy atom. The number of methoxy groups -OCH3 is 1. The summed E-state index contributed by atoms with van der Waals surface area (Å²) in [6.45, 7) is 7.43. The van der Waals surface area contributed by atoms with Crippen LogP contribution in [-0.4, -0.2) is 46.6 Å². The van der Waals surface area contributed by atoms with E-state index in [1.54, 1.807) is 38.6 Å². The Balaban J connectivity index is 2.28. The molecule has 0 aliphatic rings. The Bertz CT molecular complexity index is 987. The number of nitrogens with zero attached hydrogens (tertiary/aromatic N) is 2. The number of hydrogen-bond donors (Lipinski definition) is 1. The van der Waals surface area contributed by atoms with Gasteiger partial charge in [-0.15, -0.1) is 11.3 Å². The zero-order valence-corrected chi connectivity index (χ0v) is 22.0. The summed E-state index contributed by atoms with van der Waals surface area (Å²) in [4.78, 5) is 4.41. The van der Waals surface area contributed by atoms with Gasteiger partial charge < -0.3 is 4.74 Å². The van der Waals surface area contributed by atoms with Crippen LogP contribution in [0.15, 0.2) is 34.2 Å². The van der Waals surface area contributed by atoms with E-state index in [9.17, 15) is 12.6 Å². The first-order valence-electron chi connectivity index (χ1n) is 9.15. The molecule has 1 N–H and O–H groups in total. The summed E-state index contributed by atoms with van der Waals surface area (Å²) in [7, 11) is -2.07. The van der Waals surface area contributed by atoms with Gasteiger partial charge >= 0.3 is 0 Å². The number of rotatable bonds is 9. The number of halogens is 1. The summed E-state index contributed by atoms with van der Waals surface area (Å²) in [5.74, 6) is 0.425. The van der Waals surface area contributed by atoms with Gasteiger partial charge in [-0.25, -0.2) is 26.6 Å². The third-order valence-electron chi connectivity index (χ3n) is 4.33. The highest BCUT2D eigenvalue weighted by Crippen LogP contribution is 2.30. The molecule has 0 spiro atoms. The summed E-state index contributed by atoms with van der Waals surface area (Å²) in [6.07, 6.45) is 0.